The molecule has 0 unspecified atom stereocenters. The highest BCUT2D eigenvalue weighted by Gasteiger charge is 2.39. The second-order valence-corrected chi connectivity index (χ2v) is 10.0. The largest absolute Gasteiger partial charge is 0.490 e. The molecule has 1 aromatic carbocycles. The molecule has 1 saturated carbocycles. The third-order valence-electron chi connectivity index (χ3n) is 6.97. The maximum atomic E-state index is 15.0. The molecule has 2 aromatic heterocycles. The Hall–Kier alpha value is -2.25. The molecule has 5 nitrogen and oxygen atoms in total. The quantitative estimate of drug-likeness (QED) is 0.619. The number of ether oxygens (including phenoxy) is 1. The summed E-state index contributed by atoms with van der Waals surface area (Å²) in [6.07, 6.45) is 8.32. The molecule has 1 aliphatic carbocycles. The van der Waals surface area contributed by atoms with Gasteiger partial charge in [-0.1, -0.05) is 0 Å². The van der Waals surface area contributed by atoms with Gasteiger partial charge >= 0.3 is 0 Å². The van der Waals surface area contributed by atoms with Gasteiger partial charge in [-0.2, -0.15) is 0 Å². The van der Waals surface area contributed by atoms with E-state index in [1.54, 1.807) is 12.1 Å². The van der Waals surface area contributed by atoms with Crippen LogP contribution >= 0.6 is 11.3 Å². The number of halogens is 1. The van der Waals surface area contributed by atoms with Crippen molar-refractivity contribution in [2.45, 2.75) is 62.6 Å². The molecule has 7 heteroatoms. The van der Waals surface area contributed by atoms with Crippen molar-refractivity contribution in [1.82, 2.24) is 14.5 Å². The average Bonchev–Trinajstić information content (AvgIpc) is 3.45. The van der Waals surface area contributed by atoms with Crippen LogP contribution in [-0.2, 0) is 0 Å². The summed E-state index contributed by atoms with van der Waals surface area (Å²) in [5, 5.41) is 0. The Morgan fingerprint density at radius 3 is 2.60 bits per heavy atom. The number of nitrogens with zero attached hydrogens (tertiary/aromatic N) is 3. The molecule has 30 heavy (non-hydrogen) atoms. The predicted molar refractivity (Wildman–Crippen MR) is 115 cm³/mol. The van der Waals surface area contributed by atoms with E-state index in [1.165, 1.54) is 58.9 Å². The first kappa shape index (κ1) is 18.5. The van der Waals surface area contributed by atoms with Crippen molar-refractivity contribution in [2.75, 3.05) is 7.05 Å². The second-order valence-electron chi connectivity index (χ2n) is 8.93. The smallest absolute Gasteiger partial charge is 0.275 e. The molecule has 3 aliphatic rings. The van der Waals surface area contributed by atoms with Crippen LogP contribution in [0.3, 0.4) is 0 Å². The maximum Gasteiger partial charge on any atom is 0.275 e. The molecule has 3 aromatic rings. The number of thiophene rings is 1. The molecule has 0 spiro atoms. The number of rotatable bonds is 4. The van der Waals surface area contributed by atoms with E-state index in [9.17, 15) is 9.18 Å². The first-order chi connectivity index (χ1) is 14.6. The first-order valence-electron chi connectivity index (χ1n) is 10.8. The number of benzene rings is 1. The van der Waals surface area contributed by atoms with Gasteiger partial charge in [0.05, 0.1) is 11.2 Å². The highest BCUT2D eigenvalue weighted by molar-refractivity contribution is 7.19. The molecular formula is C23H24FN3O2S. The Balaban J connectivity index is 1.27. The van der Waals surface area contributed by atoms with Crippen LogP contribution in [-0.4, -0.2) is 39.7 Å². The highest BCUT2D eigenvalue weighted by Crippen LogP contribution is 2.44. The highest BCUT2D eigenvalue weighted by atomic mass is 32.1. The predicted octanol–water partition coefficient (Wildman–Crippen LogP) is 4.47. The van der Waals surface area contributed by atoms with E-state index in [4.69, 9.17) is 4.74 Å². The average molecular weight is 426 g/mol. The van der Waals surface area contributed by atoms with E-state index in [-0.39, 0.29) is 17.4 Å². The lowest BCUT2D eigenvalue weighted by Crippen LogP contribution is -2.43. The SMILES string of the molecule is CN1[C@@H]2CC[C@H]1C[C@@H](Oc1ccc(-n3cnc4cc(C5CC5)sc4c3=O)c(F)c1)C2. The van der Waals surface area contributed by atoms with Crippen molar-refractivity contribution < 1.29 is 9.13 Å². The minimum Gasteiger partial charge on any atom is -0.490 e. The zero-order valence-electron chi connectivity index (χ0n) is 16.9. The third-order valence-corrected chi connectivity index (χ3v) is 8.25. The molecule has 0 radical (unpaired) electrons. The molecule has 156 valence electrons. The van der Waals surface area contributed by atoms with Crippen molar-refractivity contribution >= 4 is 21.6 Å². The summed E-state index contributed by atoms with van der Waals surface area (Å²) in [4.78, 5) is 21.1. The monoisotopic (exact) mass is 425 g/mol. The Labute approximate surface area is 178 Å². The summed E-state index contributed by atoms with van der Waals surface area (Å²) in [6.45, 7) is 0. The van der Waals surface area contributed by atoms with E-state index in [0.717, 1.165) is 12.8 Å². The Morgan fingerprint density at radius 1 is 1.13 bits per heavy atom. The van der Waals surface area contributed by atoms with Crippen molar-refractivity contribution in [3.8, 4) is 11.4 Å². The molecule has 4 heterocycles. The van der Waals surface area contributed by atoms with Crippen LogP contribution in [0.4, 0.5) is 4.39 Å². The Bertz CT molecular complexity index is 1170. The van der Waals surface area contributed by atoms with Gasteiger partial charge in [0.2, 0.25) is 0 Å². The van der Waals surface area contributed by atoms with Crippen LogP contribution < -0.4 is 10.3 Å². The fourth-order valence-corrected chi connectivity index (χ4v) is 6.29. The fraction of sp³-hybridized carbons (Fsp3) is 0.478. The maximum absolute atomic E-state index is 15.0. The topological polar surface area (TPSA) is 47.4 Å². The summed E-state index contributed by atoms with van der Waals surface area (Å²) >= 11 is 1.50. The van der Waals surface area contributed by atoms with Crippen molar-refractivity contribution in [1.29, 1.82) is 0 Å². The summed E-state index contributed by atoms with van der Waals surface area (Å²) in [7, 11) is 2.19. The van der Waals surface area contributed by atoms with Crippen molar-refractivity contribution in [3.05, 3.63) is 51.6 Å². The van der Waals surface area contributed by atoms with Crippen LogP contribution in [0, 0.1) is 5.82 Å². The van der Waals surface area contributed by atoms with Crippen LogP contribution in [0.5, 0.6) is 5.75 Å². The van der Waals surface area contributed by atoms with Crippen LogP contribution in [0.25, 0.3) is 15.9 Å². The van der Waals surface area contributed by atoms with Gasteiger partial charge < -0.3 is 9.64 Å². The lowest BCUT2D eigenvalue weighted by atomic mass is 10.0. The van der Waals surface area contributed by atoms with Gasteiger partial charge in [0.1, 0.15) is 22.9 Å². The molecule has 2 aliphatic heterocycles. The van der Waals surface area contributed by atoms with Crippen LogP contribution in [0.15, 0.2) is 35.4 Å². The molecule has 3 fully saturated rings. The summed E-state index contributed by atoms with van der Waals surface area (Å²) < 4.78 is 23.0. The van der Waals surface area contributed by atoms with Crippen molar-refractivity contribution in [3.63, 3.8) is 0 Å². The minimum absolute atomic E-state index is 0.122. The number of piperidine rings is 1. The first-order valence-corrected chi connectivity index (χ1v) is 11.6. The summed E-state index contributed by atoms with van der Waals surface area (Å²) in [5.74, 6) is 0.630. The van der Waals surface area contributed by atoms with E-state index in [0.29, 0.717) is 34.0 Å². The summed E-state index contributed by atoms with van der Waals surface area (Å²) in [5.41, 5.74) is 0.711. The van der Waals surface area contributed by atoms with Gasteiger partial charge in [0, 0.05) is 23.0 Å². The Morgan fingerprint density at radius 2 is 1.90 bits per heavy atom. The van der Waals surface area contributed by atoms with Crippen LogP contribution in [0.2, 0.25) is 0 Å². The molecule has 0 amide bonds. The van der Waals surface area contributed by atoms with Gasteiger partial charge in [-0.05, 0) is 69.7 Å². The van der Waals surface area contributed by atoms with E-state index >= 15 is 0 Å². The van der Waals surface area contributed by atoms with E-state index in [2.05, 4.69) is 16.9 Å². The zero-order chi connectivity index (χ0) is 20.4. The zero-order valence-corrected chi connectivity index (χ0v) is 17.7. The fourth-order valence-electron chi connectivity index (χ4n) is 5.08. The summed E-state index contributed by atoms with van der Waals surface area (Å²) in [6, 6.07) is 7.93. The van der Waals surface area contributed by atoms with Gasteiger partial charge in [0.15, 0.2) is 5.82 Å². The number of fused-ring (bicyclic) bond motifs is 3. The normalized spacial score (nSPS) is 26.4. The van der Waals surface area contributed by atoms with Gasteiger partial charge in [-0.3, -0.25) is 9.36 Å². The standard InChI is InChI=1S/C23H24FN3O2S/c1-26-14-4-5-15(26)9-17(8-14)29-16-6-7-20(18(24)10-16)27-12-25-19-11-21(13-2-3-13)30-22(19)23(27)28/h6-7,10-15,17H,2-5,8-9H2,1H3/t14-,15+,17+. The Kier molecular flexibility index (Phi) is 4.25. The van der Waals surface area contributed by atoms with E-state index < -0.39 is 5.82 Å². The number of hydrogen-bond donors (Lipinski definition) is 0. The lowest BCUT2D eigenvalue weighted by molar-refractivity contribution is 0.0660. The third kappa shape index (κ3) is 3.06. The molecule has 2 bridgehead atoms. The van der Waals surface area contributed by atoms with Crippen LogP contribution in [0.1, 0.15) is 49.3 Å². The number of hydrogen-bond acceptors (Lipinski definition) is 5. The number of aromatic nitrogens is 2. The molecule has 6 rings (SSSR count). The molecular weight excluding hydrogens is 401 g/mol. The molecule has 3 atom stereocenters. The van der Waals surface area contributed by atoms with Gasteiger partial charge in [-0.25, -0.2) is 9.37 Å². The van der Waals surface area contributed by atoms with E-state index in [1.807, 2.05) is 6.07 Å². The molecule has 0 N–H and O–H groups in total. The minimum atomic E-state index is -0.467. The molecule has 2 saturated heterocycles. The van der Waals surface area contributed by atoms with Gasteiger partial charge in [0.25, 0.3) is 5.56 Å². The second kappa shape index (κ2) is 6.89. The lowest BCUT2D eigenvalue weighted by Gasteiger charge is -2.36. The van der Waals surface area contributed by atoms with Gasteiger partial charge in [-0.15, -0.1) is 11.3 Å². The van der Waals surface area contributed by atoms with Crippen molar-refractivity contribution in [2.24, 2.45) is 0 Å².